The first kappa shape index (κ1) is 14.1. The second-order valence-electron chi connectivity index (χ2n) is 4.29. The fourth-order valence-corrected chi connectivity index (χ4v) is 2.11. The molecule has 0 radical (unpaired) electrons. The van der Waals surface area contributed by atoms with Crippen molar-refractivity contribution in [2.45, 2.75) is 26.8 Å². The largest absolute Gasteiger partial charge is 0.417 e. The molecule has 5 heteroatoms. The molecule has 0 spiro atoms. The Kier molecular flexibility index (Phi) is 4.99. The molecule has 1 N–H and O–H groups in total. The maximum absolute atomic E-state index is 5.62. The molecular weight excluding hydrogens is 308 g/mol. The highest BCUT2D eigenvalue weighted by molar-refractivity contribution is 9.10. The number of halogens is 1. The van der Waals surface area contributed by atoms with E-state index in [0.29, 0.717) is 6.54 Å². The minimum absolute atomic E-state index is 0.277. The van der Waals surface area contributed by atoms with E-state index in [4.69, 9.17) is 9.15 Å². The average Bonchev–Trinajstić information content (AvgIpc) is 2.81. The standard InChI is InChI=1S/C14H17BrN2O2/c1-3-6-16-8-12-9-18-14(17-12)19-13-5-4-11(15)7-10(13)2/h4-5,7,9,16H,3,6,8H2,1-2H3. The average molecular weight is 325 g/mol. The van der Waals surface area contributed by atoms with Crippen molar-refractivity contribution < 1.29 is 9.15 Å². The van der Waals surface area contributed by atoms with Gasteiger partial charge >= 0.3 is 6.08 Å². The second-order valence-corrected chi connectivity index (χ2v) is 5.21. The van der Waals surface area contributed by atoms with Gasteiger partial charge in [0.2, 0.25) is 0 Å². The van der Waals surface area contributed by atoms with E-state index in [2.05, 4.69) is 33.2 Å². The number of hydrogen-bond acceptors (Lipinski definition) is 4. The van der Waals surface area contributed by atoms with Crippen molar-refractivity contribution >= 4 is 15.9 Å². The summed E-state index contributed by atoms with van der Waals surface area (Å²) >= 11 is 3.42. The van der Waals surface area contributed by atoms with E-state index in [0.717, 1.165) is 34.4 Å². The van der Waals surface area contributed by atoms with Gasteiger partial charge in [0.05, 0.1) is 5.69 Å². The number of oxazole rings is 1. The lowest BCUT2D eigenvalue weighted by Crippen LogP contribution is -2.13. The minimum atomic E-state index is 0.277. The zero-order chi connectivity index (χ0) is 13.7. The Hall–Kier alpha value is -1.33. The van der Waals surface area contributed by atoms with Crippen LogP contribution < -0.4 is 10.1 Å². The number of rotatable bonds is 6. The lowest BCUT2D eigenvalue weighted by Gasteiger charge is -2.04. The van der Waals surface area contributed by atoms with Crippen LogP contribution in [-0.2, 0) is 6.54 Å². The third kappa shape index (κ3) is 4.08. The van der Waals surface area contributed by atoms with Crippen LogP contribution in [-0.4, -0.2) is 11.5 Å². The summed E-state index contributed by atoms with van der Waals surface area (Å²) < 4.78 is 11.9. The predicted octanol–water partition coefficient (Wildman–Crippen LogP) is 4.04. The van der Waals surface area contributed by atoms with Crippen LogP contribution in [0, 0.1) is 6.92 Å². The second kappa shape index (κ2) is 6.73. The van der Waals surface area contributed by atoms with Crippen molar-refractivity contribution in [2.24, 2.45) is 0 Å². The van der Waals surface area contributed by atoms with Crippen LogP contribution >= 0.6 is 15.9 Å². The van der Waals surface area contributed by atoms with E-state index < -0.39 is 0 Å². The first-order valence-electron chi connectivity index (χ1n) is 6.28. The summed E-state index contributed by atoms with van der Waals surface area (Å²) in [4.78, 5) is 4.28. The fraction of sp³-hybridized carbons (Fsp3) is 0.357. The summed E-state index contributed by atoms with van der Waals surface area (Å²) in [6.45, 7) is 5.77. The summed E-state index contributed by atoms with van der Waals surface area (Å²) in [6.07, 6.45) is 2.99. The third-order valence-corrected chi connectivity index (χ3v) is 3.09. The summed E-state index contributed by atoms with van der Waals surface area (Å²) in [5.74, 6) is 0.748. The number of hydrogen-bond donors (Lipinski definition) is 1. The number of aromatic nitrogens is 1. The normalized spacial score (nSPS) is 10.7. The molecule has 1 heterocycles. The number of nitrogens with one attached hydrogen (secondary N) is 1. The zero-order valence-corrected chi connectivity index (χ0v) is 12.7. The lowest BCUT2D eigenvalue weighted by molar-refractivity contribution is 0.329. The smallest absolute Gasteiger partial charge is 0.399 e. The van der Waals surface area contributed by atoms with Gasteiger partial charge in [-0.1, -0.05) is 22.9 Å². The molecular formula is C14H17BrN2O2. The summed E-state index contributed by atoms with van der Waals surface area (Å²) in [5.41, 5.74) is 1.87. The highest BCUT2D eigenvalue weighted by atomic mass is 79.9. The maximum atomic E-state index is 5.62. The molecule has 0 aliphatic carbocycles. The quantitative estimate of drug-likeness (QED) is 0.815. The van der Waals surface area contributed by atoms with E-state index in [9.17, 15) is 0 Å². The highest BCUT2D eigenvalue weighted by Crippen LogP contribution is 2.26. The molecule has 0 aliphatic rings. The number of benzene rings is 1. The molecule has 0 aliphatic heterocycles. The monoisotopic (exact) mass is 324 g/mol. The van der Waals surface area contributed by atoms with Gasteiger partial charge in [0.25, 0.3) is 0 Å². The molecule has 0 amide bonds. The first-order valence-corrected chi connectivity index (χ1v) is 7.07. The van der Waals surface area contributed by atoms with Crippen LogP contribution in [0.15, 0.2) is 33.4 Å². The van der Waals surface area contributed by atoms with Gasteiger partial charge in [0.1, 0.15) is 12.0 Å². The van der Waals surface area contributed by atoms with Crippen molar-refractivity contribution in [3.8, 4) is 11.8 Å². The summed E-state index contributed by atoms with van der Waals surface area (Å²) in [5, 5.41) is 3.26. The SMILES string of the molecule is CCCNCc1coc(Oc2ccc(Br)cc2C)n1. The Balaban J connectivity index is 1.99. The molecule has 0 unspecified atom stereocenters. The van der Waals surface area contributed by atoms with E-state index in [1.54, 1.807) is 6.26 Å². The van der Waals surface area contributed by atoms with Gasteiger partial charge in [-0.05, 0) is 43.7 Å². The van der Waals surface area contributed by atoms with Crippen LogP contribution in [0.5, 0.6) is 11.8 Å². The molecule has 0 atom stereocenters. The molecule has 1 aromatic carbocycles. The molecule has 2 rings (SSSR count). The minimum Gasteiger partial charge on any atom is -0.417 e. The van der Waals surface area contributed by atoms with E-state index in [-0.39, 0.29) is 6.08 Å². The van der Waals surface area contributed by atoms with Crippen LogP contribution in [0.2, 0.25) is 0 Å². The first-order chi connectivity index (χ1) is 9.19. The molecule has 4 nitrogen and oxygen atoms in total. The topological polar surface area (TPSA) is 47.3 Å². The zero-order valence-electron chi connectivity index (χ0n) is 11.1. The molecule has 0 saturated carbocycles. The van der Waals surface area contributed by atoms with Crippen molar-refractivity contribution in [1.82, 2.24) is 10.3 Å². The van der Waals surface area contributed by atoms with E-state index >= 15 is 0 Å². The molecule has 1 aromatic heterocycles. The van der Waals surface area contributed by atoms with Crippen LogP contribution in [0.25, 0.3) is 0 Å². The lowest BCUT2D eigenvalue weighted by atomic mass is 10.2. The Morgan fingerprint density at radius 1 is 1.42 bits per heavy atom. The highest BCUT2D eigenvalue weighted by Gasteiger charge is 2.08. The van der Waals surface area contributed by atoms with Crippen LogP contribution in [0.1, 0.15) is 24.6 Å². The predicted molar refractivity (Wildman–Crippen MR) is 77.5 cm³/mol. The number of aryl methyl sites for hydroxylation is 1. The van der Waals surface area contributed by atoms with Crippen molar-refractivity contribution in [3.05, 3.63) is 40.2 Å². The van der Waals surface area contributed by atoms with Gasteiger partial charge in [0.15, 0.2) is 0 Å². The molecule has 2 aromatic rings. The van der Waals surface area contributed by atoms with Gasteiger partial charge in [-0.2, -0.15) is 4.98 Å². The molecule has 19 heavy (non-hydrogen) atoms. The summed E-state index contributed by atoms with van der Waals surface area (Å²) in [7, 11) is 0. The van der Waals surface area contributed by atoms with Crippen molar-refractivity contribution in [1.29, 1.82) is 0 Å². The Morgan fingerprint density at radius 2 is 2.26 bits per heavy atom. The van der Waals surface area contributed by atoms with Gasteiger partial charge < -0.3 is 14.5 Å². The van der Waals surface area contributed by atoms with Crippen molar-refractivity contribution in [3.63, 3.8) is 0 Å². The summed E-state index contributed by atoms with van der Waals surface area (Å²) in [6, 6.07) is 5.80. The van der Waals surface area contributed by atoms with Crippen molar-refractivity contribution in [2.75, 3.05) is 6.54 Å². The van der Waals surface area contributed by atoms with Gasteiger partial charge in [-0.15, -0.1) is 0 Å². The van der Waals surface area contributed by atoms with E-state index in [1.807, 2.05) is 25.1 Å². The molecule has 0 fully saturated rings. The molecule has 0 bridgehead atoms. The fourth-order valence-electron chi connectivity index (χ4n) is 1.63. The maximum Gasteiger partial charge on any atom is 0.399 e. The number of nitrogens with zero attached hydrogens (tertiary/aromatic N) is 1. The van der Waals surface area contributed by atoms with Crippen LogP contribution in [0.4, 0.5) is 0 Å². The molecule has 102 valence electrons. The third-order valence-electron chi connectivity index (χ3n) is 2.60. The van der Waals surface area contributed by atoms with Gasteiger partial charge in [-0.3, -0.25) is 0 Å². The Morgan fingerprint density at radius 3 is 3.00 bits per heavy atom. The van der Waals surface area contributed by atoms with E-state index in [1.165, 1.54) is 0 Å². The van der Waals surface area contributed by atoms with Crippen LogP contribution in [0.3, 0.4) is 0 Å². The van der Waals surface area contributed by atoms with Gasteiger partial charge in [-0.25, -0.2) is 0 Å². The van der Waals surface area contributed by atoms with Gasteiger partial charge in [0, 0.05) is 11.0 Å². The number of ether oxygens (including phenoxy) is 1. The Labute approximate surface area is 121 Å². The molecule has 0 saturated heterocycles. The Bertz CT molecular complexity index is 540.